The van der Waals surface area contributed by atoms with Gasteiger partial charge >= 0.3 is 0 Å². The third kappa shape index (κ3) is 7.30. The van der Waals surface area contributed by atoms with Gasteiger partial charge in [0.1, 0.15) is 12.4 Å². The van der Waals surface area contributed by atoms with Gasteiger partial charge in [0.25, 0.3) is 0 Å². The van der Waals surface area contributed by atoms with Gasteiger partial charge in [0.05, 0.1) is 11.1 Å². The second-order valence-electron chi connectivity index (χ2n) is 5.21. The molecule has 0 unspecified atom stereocenters. The van der Waals surface area contributed by atoms with E-state index in [2.05, 4.69) is 35.0 Å². The van der Waals surface area contributed by atoms with Gasteiger partial charge < -0.3 is 9.84 Å². The van der Waals surface area contributed by atoms with Crippen molar-refractivity contribution in [3.05, 3.63) is 28.2 Å². The third-order valence-corrected chi connectivity index (χ3v) is 4.03. The van der Waals surface area contributed by atoms with Crippen LogP contribution in [0.4, 0.5) is 0 Å². The largest absolute Gasteiger partial charge is 0.490 e. The molecule has 0 heterocycles. The van der Waals surface area contributed by atoms with E-state index in [0.717, 1.165) is 16.6 Å². The van der Waals surface area contributed by atoms with Crippen LogP contribution in [0.25, 0.3) is 0 Å². The van der Waals surface area contributed by atoms with Crippen molar-refractivity contribution in [2.24, 2.45) is 0 Å². The molecule has 114 valence electrons. The Morgan fingerprint density at radius 3 is 2.40 bits per heavy atom. The molecule has 20 heavy (non-hydrogen) atoms. The van der Waals surface area contributed by atoms with Gasteiger partial charge in [-0.2, -0.15) is 0 Å². The predicted molar refractivity (Wildman–Crippen MR) is 88.4 cm³/mol. The quantitative estimate of drug-likeness (QED) is 0.566. The van der Waals surface area contributed by atoms with Gasteiger partial charge in [0.15, 0.2) is 0 Å². The van der Waals surface area contributed by atoms with Gasteiger partial charge in [-0.3, -0.25) is 0 Å². The van der Waals surface area contributed by atoms with Gasteiger partial charge in [0, 0.05) is 0 Å². The number of ether oxygens (including phenoxy) is 1. The second kappa shape index (κ2) is 11.2. The molecule has 2 nitrogen and oxygen atoms in total. The number of halogens is 1. The highest BCUT2D eigenvalue weighted by atomic mass is 79.9. The molecule has 0 aromatic heterocycles. The number of aliphatic hydroxyl groups is 1. The van der Waals surface area contributed by atoms with Crippen LogP contribution >= 0.6 is 15.9 Å². The van der Waals surface area contributed by atoms with Crippen molar-refractivity contribution in [2.45, 2.75) is 58.3 Å². The molecule has 1 aromatic carbocycles. The van der Waals surface area contributed by atoms with E-state index in [1.54, 1.807) is 0 Å². The summed E-state index contributed by atoms with van der Waals surface area (Å²) in [4.78, 5) is 0. The first-order valence-electron chi connectivity index (χ1n) is 7.80. The highest BCUT2D eigenvalue weighted by Crippen LogP contribution is 2.26. The Bertz CT molecular complexity index is 366. The maximum absolute atomic E-state index is 8.75. The molecule has 0 aliphatic heterocycles. The molecule has 0 atom stereocenters. The van der Waals surface area contributed by atoms with E-state index in [4.69, 9.17) is 9.84 Å². The zero-order valence-corrected chi connectivity index (χ0v) is 14.1. The number of aliphatic hydroxyl groups excluding tert-OH is 1. The van der Waals surface area contributed by atoms with Crippen molar-refractivity contribution in [1.82, 2.24) is 0 Å². The lowest BCUT2D eigenvalue weighted by atomic mass is 10.0. The minimum atomic E-state index is 0.0478. The van der Waals surface area contributed by atoms with Crippen molar-refractivity contribution in [2.75, 3.05) is 13.2 Å². The van der Waals surface area contributed by atoms with Gasteiger partial charge in [-0.25, -0.2) is 0 Å². The van der Waals surface area contributed by atoms with Crippen LogP contribution in [-0.2, 0) is 6.42 Å². The van der Waals surface area contributed by atoms with Crippen molar-refractivity contribution in [3.8, 4) is 5.75 Å². The number of rotatable bonds is 11. The molecule has 1 N–H and O–H groups in total. The van der Waals surface area contributed by atoms with Crippen LogP contribution in [0.3, 0.4) is 0 Å². The summed E-state index contributed by atoms with van der Waals surface area (Å²) in [5, 5.41) is 8.75. The first-order chi connectivity index (χ1) is 9.77. The number of benzene rings is 1. The van der Waals surface area contributed by atoms with Gasteiger partial charge in [-0.1, -0.05) is 51.5 Å². The molecule has 0 saturated carbocycles. The highest BCUT2D eigenvalue weighted by Gasteiger charge is 2.02. The first-order valence-corrected chi connectivity index (χ1v) is 8.59. The van der Waals surface area contributed by atoms with Crippen LogP contribution in [0.2, 0.25) is 0 Å². The van der Waals surface area contributed by atoms with Crippen molar-refractivity contribution in [3.63, 3.8) is 0 Å². The monoisotopic (exact) mass is 342 g/mol. The molecule has 1 aromatic rings. The fraction of sp³-hybridized carbons (Fsp3) is 0.647. The Morgan fingerprint density at radius 1 is 1.05 bits per heavy atom. The maximum Gasteiger partial charge on any atom is 0.133 e. The lowest BCUT2D eigenvalue weighted by molar-refractivity contribution is 0.200. The van der Waals surface area contributed by atoms with Crippen LogP contribution in [0.15, 0.2) is 22.7 Å². The van der Waals surface area contributed by atoms with Crippen molar-refractivity contribution >= 4 is 15.9 Å². The highest BCUT2D eigenvalue weighted by molar-refractivity contribution is 9.10. The average Bonchev–Trinajstić information content (AvgIpc) is 2.45. The molecule has 0 fully saturated rings. The second-order valence-corrected chi connectivity index (χ2v) is 6.06. The van der Waals surface area contributed by atoms with Gasteiger partial charge in [-0.05, 0) is 46.5 Å². The van der Waals surface area contributed by atoms with E-state index in [-0.39, 0.29) is 6.61 Å². The fourth-order valence-corrected chi connectivity index (χ4v) is 2.80. The van der Waals surface area contributed by atoms with E-state index in [1.807, 2.05) is 6.07 Å². The molecule has 0 spiro atoms. The fourth-order valence-electron chi connectivity index (χ4n) is 2.26. The Kier molecular flexibility index (Phi) is 9.77. The summed E-state index contributed by atoms with van der Waals surface area (Å²) in [6.07, 6.45) is 10.5. The van der Waals surface area contributed by atoms with E-state index in [0.29, 0.717) is 6.61 Å². The number of unbranched alkanes of at least 4 members (excludes halogenated alkanes) is 6. The summed E-state index contributed by atoms with van der Waals surface area (Å²) < 4.78 is 6.40. The lowest BCUT2D eigenvalue weighted by Gasteiger charge is -2.08. The van der Waals surface area contributed by atoms with Crippen LogP contribution in [0, 0.1) is 0 Å². The van der Waals surface area contributed by atoms with E-state index in [1.165, 1.54) is 50.5 Å². The molecule has 3 heteroatoms. The van der Waals surface area contributed by atoms with E-state index < -0.39 is 0 Å². The van der Waals surface area contributed by atoms with Crippen LogP contribution in [0.5, 0.6) is 5.75 Å². The number of hydrogen-bond donors (Lipinski definition) is 1. The molecular weight excluding hydrogens is 316 g/mol. The van der Waals surface area contributed by atoms with E-state index >= 15 is 0 Å². The zero-order valence-electron chi connectivity index (χ0n) is 12.5. The van der Waals surface area contributed by atoms with Crippen molar-refractivity contribution in [1.29, 1.82) is 0 Å². The van der Waals surface area contributed by atoms with Crippen LogP contribution in [-0.4, -0.2) is 18.3 Å². The Labute approximate surface area is 131 Å². The van der Waals surface area contributed by atoms with Crippen LogP contribution < -0.4 is 4.74 Å². The summed E-state index contributed by atoms with van der Waals surface area (Å²) in [7, 11) is 0. The molecule has 0 aliphatic carbocycles. The molecule has 1 rings (SSSR count). The van der Waals surface area contributed by atoms with Crippen LogP contribution in [0.1, 0.15) is 57.4 Å². The number of aryl methyl sites for hydroxylation is 1. The average molecular weight is 343 g/mol. The molecule has 0 saturated heterocycles. The summed E-state index contributed by atoms with van der Waals surface area (Å²) in [5.74, 6) is 0.808. The number of hydrogen-bond acceptors (Lipinski definition) is 2. The minimum absolute atomic E-state index is 0.0478. The van der Waals surface area contributed by atoms with E-state index in [9.17, 15) is 0 Å². The summed E-state index contributed by atoms with van der Waals surface area (Å²) in [5.41, 5.74) is 1.35. The zero-order chi connectivity index (χ0) is 14.6. The molecule has 0 radical (unpaired) electrons. The Morgan fingerprint density at radius 2 is 1.75 bits per heavy atom. The standard InChI is InChI=1S/C17H27BrO2/c1-2-3-4-5-6-7-8-9-15-10-11-17(16(18)14-15)20-13-12-19/h10-11,14,19H,2-9,12-13H2,1H3. The summed E-state index contributed by atoms with van der Waals surface area (Å²) >= 11 is 3.52. The predicted octanol–water partition coefficient (Wildman–Crippen LogP) is 5.11. The Hall–Kier alpha value is -0.540. The molecule has 0 bridgehead atoms. The minimum Gasteiger partial charge on any atom is -0.490 e. The maximum atomic E-state index is 8.75. The lowest BCUT2D eigenvalue weighted by Crippen LogP contribution is -2.02. The summed E-state index contributed by atoms with van der Waals surface area (Å²) in [6, 6.07) is 6.23. The topological polar surface area (TPSA) is 29.5 Å². The smallest absolute Gasteiger partial charge is 0.133 e. The molecule has 0 aliphatic rings. The first kappa shape index (κ1) is 17.5. The SMILES string of the molecule is CCCCCCCCCc1ccc(OCCO)c(Br)c1. The molecular formula is C17H27BrO2. The van der Waals surface area contributed by atoms with Crippen molar-refractivity contribution < 1.29 is 9.84 Å². The normalized spacial score (nSPS) is 10.8. The molecule has 0 amide bonds. The van der Waals surface area contributed by atoms with Gasteiger partial charge in [0.2, 0.25) is 0 Å². The summed E-state index contributed by atoms with van der Waals surface area (Å²) in [6.45, 7) is 2.65. The van der Waals surface area contributed by atoms with Gasteiger partial charge in [-0.15, -0.1) is 0 Å². The Balaban J connectivity index is 2.22. The third-order valence-electron chi connectivity index (χ3n) is 3.41.